The first-order valence-corrected chi connectivity index (χ1v) is 5.10. The van der Waals surface area contributed by atoms with Crippen LogP contribution in [0.3, 0.4) is 0 Å². The highest BCUT2D eigenvalue weighted by Gasteiger charge is 2.13. The fraction of sp³-hybridized carbons (Fsp3) is 0.600. The number of rotatable bonds is 3. The molecule has 1 saturated heterocycles. The Morgan fingerprint density at radius 3 is 3.21 bits per heavy atom. The van der Waals surface area contributed by atoms with Crippen molar-refractivity contribution >= 4 is 5.82 Å². The molecule has 0 saturated carbocycles. The fourth-order valence-electron chi connectivity index (χ4n) is 1.71. The number of nitrogens with one attached hydrogen (secondary N) is 2. The maximum Gasteiger partial charge on any atom is 0.129 e. The van der Waals surface area contributed by atoms with E-state index < -0.39 is 0 Å². The molecular weight excluding hydrogens is 176 g/mol. The Bertz CT molecular complexity index is 294. The van der Waals surface area contributed by atoms with Crippen LogP contribution in [0.15, 0.2) is 12.4 Å². The zero-order chi connectivity index (χ0) is 9.80. The van der Waals surface area contributed by atoms with E-state index in [2.05, 4.69) is 20.6 Å². The van der Waals surface area contributed by atoms with E-state index in [0.29, 0.717) is 6.04 Å². The molecule has 0 aromatic carbocycles. The maximum atomic E-state index is 4.15. The highest BCUT2D eigenvalue weighted by Crippen LogP contribution is 2.07. The van der Waals surface area contributed by atoms with Gasteiger partial charge in [0.25, 0.3) is 0 Å². The smallest absolute Gasteiger partial charge is 0.129 e. The minimum Gasteiger partial charge on any atom is -0.368 e. The second-order valence-electron chi connectivity index (χ2n) is 3.72. The third kappa shape index (κ3) is 2.42. The number of aryl methyl sites for hydroxylation is 1. The van der Waals surface area contributed by atoms with Gasteiger partial charge in [-0.1, -0.05) is 0 Å². The van der Waals surface area contributed by atoms with Crippen LogP contribution in [-0.4, -0.2) is 29.1 Å². The van der Waals surface area contributed by atoms with Gasteiger partial charge in [0.2, 0.25) is 0 Å². The quantitative estimate of drug-likeness (QED) is 0.748. The van der Waals surface area contributed by atoms with Crippen LogP contribution < -0.4 is 10.6 Å². The van der Waals surface area contributed by atoms with E-state index >= 15 is 0 Å². The van der Waals surface area contributed by atoms with E-state index in [9.17, 15) is 0 Å². The summed E-state index contributed by atoms with van der Waals surface area (Å²) in [7, 11) is 0. The summed E-state index contributed by atoms with van der Waals surface area (Å²) in [5.41, 5.74) is 1.00. The van der Waals surface area contributed by atoms with Gasteiger partial charge in [0.1, 0.15) is 12.1 Å². The molecule has 76 valence electrons. The van der Waals surface area contributed by atoms with Crippen molar-refractivity contribution in [3.63, 3.8) is 0 Å². The largest absolute Gasteiger partial charge is 0.368 e. The summed E-state index contributed by atoms with van der Waals surface area (Å²) in [5.74, 6) is 0.922. The van der Waals surface area contributed by atoms with Crippen molar-refractivity contribution in [2.45, 2.75) is 25.8 Å². The first-order valence-electron chi connectivity index (χ1n) is 5.10. The molecule has 14 heavy (non-hydrogen) atoms. The van der Waals surface area contributed by atoms with E-state index in [-0.39, 0.29) is 0 Å². The Morgan fingerprint density at radius 2 is 2.50 bits per heavy atom. The molecule has 4 nitrogen and oxygen atoms in total. The van der Waals surface area contributed by atoms with Crippen LogP contribution in [0.25, 0.3) is 0 Å². The Balaban J connectivity index is 1.85. The summed E-state index contributed by atoms with van der Waals surface area (Å²) in [6, 6.07) is 2.57. The van der Waals surface area contributed by atoms with Crippen LogP contribution in [0.2, 0.25) is 0 Å². The first-order chi connectivity index (χ1) is 6.84. The zero-order valence-corrected chi connectivity index (χ0v) is 8.45. The number of hydrogen-bond acceptors (Lipinski definition) is 4. The van der Waals surface area contributed by atoms with Gasteiger partial charge in [-0.05, 0) is 26.3 Å². The lowest BCUT2D eigenvalue weighted by molar-refractivity contribution is 0.632. The lowest BCUT2D eigenvalue weighted by Crippen LogP contribution is -2.29. The summed E-state index contributed by atoms with van der Waals surface area (Å²) in [6.45, 7) is 4.08. The van der Waals surface area contributed by atoms with Gasteiger partial charge in [-0.3, -0.25) is 0 Å². The first kappa shape index (κ1) is 9.40. The molecular formula is C10H16N4. The summed E-state index contributed by atoms with van der Waals surface area (Å²) in [4.78, 5) is 8.20. The van der Waals surface area contributed by atoms with Crippen molar-refractivity contribution in [3.05, 3.63) is 18.1 Å². The van der Waals surface area contributed by atoms with Crippen LogP contribution in [0, 0.1) is 6.92 Å². The number of aromatic nitrogens is 2. The van der Waals surface area contributed by atoms with E-state index in [1.165, 1.54) is 12.8 Å². The van der Waals surface area contributed by atoms with E-state index in [0.717, 1.165) is 24.6 Å². The lowest BCUT2D eigenvalue weighted by Gasteiger charge is -2.11. The van der Waals surface area contributed by atoms with Gasteiger partial charge in [0, 0.05) is 24.3 Å². The maximum absolute atomic E-state index is 4.15. The van der Waals surface area contributed by atoms with Crippen LogP contribution in [0.1, 0.15) is 18.5 Å². The predicted octanol–water partition coefficient (Wildman–Crippen LogP) is 0.949. The average molecular weight is 192 g/mol. The van der Waals surface area contributed by atoms with E-state index in [1.807, 2.05) is 13.0 Å². The molecule has 0 amide bonds. The van der Waals surface area contributed by atoms with Crippen molar-refractivity contribution < 1.29 is 0 Å². The van der Waals surface area contributed by atoms with Crippen molar-refractivity contribution in [2.24, 2.45) is 0 Å². The topological polar surface area (TPSA) is 49.8 Å². The standard InChI is InChI=1S/C10H16N4/c1-8-5-10(14-7-13-8)12-6-9-3-2-4-11-9/h5,7,9,11H,2-4,6H2,1H3,(H,12,13,14). The number of anilines is 1. The molecule has 2 heterocycles. The molecule has 0 radical (unpaired) electrons. The van der Waals surface area contributed by atoms with Crippen molar-refractivity contribution in [2.75, 3.05) is 18.4 Å². The minimum atomic E-state index is 0.602. The lowest BCUT2D eigenvalue weighted by atomic mass is 10.2. The Morgan fingerprint density at radius 1 is 1.57 bits per heavy atom. The molecule has 1 aliphatic rings. The monoisotopic (exact) mass is 192 g/mol. The molecule has 1 aliphatic heterocycles. The van der Waals surface area contributed by atoms with Gasteiger partial charge in [-0.2, -0.15) is 0 Å². The molecule has 1 fully saturated rings. The molecule has 1 unspecified atom stereocenters. The third-order valence-corrected chi connectivity index (χ3v) is 2.50. The van der Waals surface area contributed by atoms with Crippen molar-refractivity contribution in [1.29, 1.82) is 0 Å². The van der Waals surface area contributed by atoms with E-state index in [4.69, 9.17) is 0 Å². The Labute approximate surface area is 84.2 Å². The van der Waals surface area contributed by atoms with Gasteiger partial charge in [0.15, 0.2) is 0 Å². The molecule has 4 heteroatoms. The van der Waals surface area contributed by atoms with Crippen LogP contribution in [0.5, 0.6) is 0 Å². The molecule has 1 atom stereocenters. The average Bonchev–Trinajstić information content (AvgIpc) is 2.67. The molecule has 1 aromatic heterocycles. The molecule has 2 rings (SSSR count). The fourth-order valence-corrected chi connectivity index (χ4v) is 1.71. The zero-order valence-electron chi connectivity index (χ0n) is 8.45. The van der Waals surface area contributed by atoms with Crippen LogP contribution in [-0.2, 0) is 0 Å². The van der Waals surface area contributed by atoms with Crippen LogP contribution >= 0.6 is 0 Å². The van der Waals surface area contributed by atoms with E-state index in [1.54, 1.807) is 6.33 Å². The molecule has 1 aromatic rings. The third-order valence-electron chi connectivity index (χ3n) is 2.50. The molecule has 2 N–H and O–H groups in total. The Kier molecular flexibility index (Phi) is 2.93. The molecule has 0 bridgehead atoms. The highest BCUT2D eigenvalue weighted by atomic mass is 15.1. The second kappa shape index (κ2) is 4.37. The van der Waals surface area contributed by atoms with Gasteiger partial charge in [-0.25, -0.2) is 9.97 Å². The van der Waals surface area contributed by atoms with Gasteiger partial charge < -0.3 is 10.6 Å². The van der Waals surface area contributed by atoms with Crippen molar-refractivity contribution in [3.8, 4) is 0 Å². The Hall–Kier alpha value is -1.16. The number of hydrogen-bond donors (Lipinski definition) is 2. The summed E-state index contributed by atoms with van der Waals surface area (Å²) < 4.78 is 0. The van der Waals surface area contributed by atoms with Crippen molar-refractivity contribution in [1.82, 2.24) is 15.3 Å². The van der Waals surface area contributed by atoms with Gasteiger partial charge >= 0.3 is 0 Å². The number of nitrogens with zero attached hydrogens (tertiary/aromatic N) is 2. The normalized spacial score (nSPS) is 21.1. The second-order valence-corrected chi connectivity index (χ2v) is 3.72. The summed E-state index contributed by atoms with van der Waals surface area (Å²) >= 11 is 0. The summed E-state index contributed by atoms with van der Waals surface area (Å²) in [6.07, 6.45) is 4.14. The van der Waals surface area contributed by atoms with Gasteiger partial charge in [0.05, 0.1) is 0 Å². The highest BCUT2D eigenvalue weighted by molar-refractivity contribution is 5.34. The SMILES string of the molecule is Cc1cc(NCC2CCCN2)ncn1. The van der Waals surface area contributed by atoms with Gasteiger partial charge in [-0.15, -0.1) is 0 Å². The molecule has 0 aliphatic carbocycles. The summed E-state index contributed by atoms with van der Waals surface area (Å²) in [5, 5.41) is 6.75. The molecule has 0 spiro atoms. The minimum absolute atomic E-state index is 0.602. The predicted molar refractivity (Wildman–Crippen MR) is 56.3 cm³/mol. The van der Waals surface area contributed by atoms with Crippen LogP contribution in [0.4, 0.5) is 5.82 Å².